The Labute approximate surface area is 148 Å². The summed E-state index contributed by atoms with van der Waals surface area (Å²) in [5.41, 5.74) is 1.79. The van der Waals surface area contributed by atoms with E-state index >= 15 is 0 Å². The predicted octanol–water partition coefficient (Wildman–Crippen LogP) is 4.67. The van der Waals surface area contributed by atoms with Crippen LogP contribution < -0.4 is 10.6 Å². The van der Waals surface area contributed by atoms with E-state index in [1.807, 2.05) is 60.8 Å². The SMILES string of the molecule is Cc1ccccc1NC(=O)NCc1ccc(C(=O)c2cccs2)s1. The highest BCUT2D eigenvalue weighted by Crippen LogP contribution is 2.22. The highest BCUT2D eigenvalue weighted by molar-refractivity contribution is 7.16. The van der Waals surface area contributed by atoms with Gasteiger partial charge in [-0.25, -0.2) is 4.79 Å². The van der Waals surface area contributed by atoms with Crippen molar-refractivity contribution in [2.24, 2.45) is 0 Å². The number of ketones is 1. The van der Waals surface area contributed by atoms with Crippen LogP contribution in [0.15, 0.2) is 53.9 Å². The molecular weight excluding hydrogens is 340 g/mol. The topological polar surface area (TPSA) is 58.2 Å². The van der Waals surface area contributed by atoms with Gasteiger partial charge in [0.25, 0.3) is 0 Å². The van der Waals surface area contributed by atoms with Crippen LogP contribution in [-0.2, 0) is 6.54 Å². The molecule has 3 aromatic rings. The fraction of sp³-hybridized carbons (Fsp3) is 0.111. The number of benzene rings is 1. The lowest BCUT2D eigenvalue weighted by Crippen LogP contribution is -2.28. The summed E-state index contributed by atoms with van der Waals surface area (Å²) in [5, 5.41) is 7.52. The largest absolute Gasteiger partial charge is 0.333 e. The minimum absolute atomic E-state index is 0.0330. The number of aryl methyl sites for hydroxylation is 1. The Morgan fingerprint density at radius 2 is 1.83 bits per heavy atom. The summed E-state index contributed by atoms with van der Waals surface area (Å²) in [4.78, 5) is 26.6. The molecule has 3 rings (SSSR count). The molecular formula is C18H16N2O2S2. The number of nitrogens with one attached hydrogen (secondary N) is 2. The second-order valence-electron chi connectivity index (χ2n) is 5.19. The van der Waals surface area contributed by atoms with E-state index in [4.69, 9.17) is 0 Å². The maximum absolute atomic E-state index is 12.3. The zero-order chi connectivity index (χ0) is 16.9. The van der Waals surface area contributed by atoms with Crippen LogP contribution in [0, 0.1) is 6.92 Å². The van der Waals surface area contributed by atoms with E-state index in [9.17, 15) is 9.59 Å². The van der Waals surface area contributed by atoms with Crippen molar-refractivity contribution in [1.29, 1.82) is 0 Å². The maximum atomic E-state index is 12.3. The molecule has 0 saturated heterocycles. The van der Waals surface area contributed by atoms with Crippen LogP contribution in [0.5, 0.6) is 0 Å². The van der Waals surface area contributed by atoms with Crippen LogP contribution in [0.25, 0.3) is 0 Å². The minimum atomic E-state index is -0.260. The van der Waals surface area contributed by atoms with Crippen LogP contribution in [-0.4, -0.2) is 11.8 Å². The van der Waals surface area contributed by atoms with E-state index in [0.29, 0.717) is 11.4 Å². The average Bonchev–Trinajstić information content (AvgIpc) is 3.26. The molecule has 0 fully saturated rings. The molecule has 2 amide bonds. The zero-order valence-electron chi connectivity index (χ0n) is 13.0. The number of para-hydroxylation sites is 1. The van der Waals surface area contributed by atoms with Gasteiger partial charge in [0.2, 0.25) is 5.78 Å². The van der Waals surface area contributed by atoms with Gasteiger partial charge >= 0.3 is 6.03 Å². The summed E-state index contributed by atoms with van der Waals surface area (Å²) >= 11 is 2.84. The molecule has 2 N–H and O–H groups in total. The fourth-order valence-electron chi connectivity index (χ4n) is 2.17. The Bertz CT molecular complexity index is 854. The fourth-order valence-corrected chi connectivity index (χ4v) is 3.82. The first kappa shape index (κ1) is 16.4. The van der Waals surface area contributed by atoms with Crippen molar-refractivity contribution < 1.29 is 9.59 Å². The minimum Gasteiger partial charge on any atom is -0.333 e. The van der Waals surface area contributed by atoms with Crippen LogP contribution in [0.3, 0.4) is 0 Å². The Hall–Kier alpha value is -2.44. The molecule has 0 atom stereocenters. The molecule has 4 nitrogen and oxygen atoms in total. The van der Waals surface area contributed by atoms with Gasteiger partial charge in [0, 0.05) is 10.6 Å². The smallest absolute Gasteiger partial charge is 0.319 e. The lowest BCUT2D eigenvalue weighted by atomic mass is 10.2. The monoisotopic (exact) mass is 356 g/mol. The third-order valence-corrected chi connectivity index (χ3v) is 5.40. The number of amides is 2. The molecule has 0 aliphatic heterocycles. The summed E-state index contributed by atoms with van der Waals surface area (Å²) in [6.45, 7) is 2.33. The van der Waals surface area contributed by atoms with Gasteiger partial charge in [0.05, 0.1) is 16.3 Å². The van der Waals surface area contributed by atoms with Crippen LogP contribution >= 0.6 is 22.7 Å². The first-order valence-electron chi connectivity index (χ1n) is 7.41. The average molecular weight is 356 g/mol. The van der Waals surface area contributed by atoms with E-state index in [1.54, 1.807) is 0 Å². The first-order valence-corrected chi connectivity index (χ1v) is 9.10. The quantitative estimate of drug-likeness (QED) is 0.653. The van der Waals surface area contributed by atoms with Crippen LogP contribution in [0.4, 0.5) is 10.5 Å². The Morgan fingerprint density at radius 1 is 1.00 bits per heavy atom. The van der Waals surface area contributed by atoms with Crippen molar-refractivity contribution in [3.63, 3.8) is 0 Å². The van der Waals surface area contributed by atoms with E-state index in [0.717, 1.165) is 21.0 Å². The molecule has 1 aromatic carbocycles. The second kappa shape index (κ2) is 7.42. The Balaban J connectivity index is 1.56. The predicted molar refractivity (Wildman–Crippen MR) is 99.1 cm³/mol. The second-order valence-corrected chi connectivity index (χ2v) is 7.31. The van der Waals surface area contributed by atoms with Crippen LogP contribution in [0.2, 0.25) is 0 Å². The van der Waals surface area contributed by atoms with Gasteiger partial charge in [-0.2, -0.15) is 0 Å². The van der Waals surface area contributed by atoms with Gasteiger partial charge in [-0.3, -0.25) is 4.79 Å². The summed E-state index contributed by atoms with van der Waals surface area (Å²) in [6.07, 6.45) is 0. The third-order valence-electron chi connectivity index (χ3n) is 3.45. The standard InChI is InChI=1S/C18H16N2O2S2/c1-12-5-2-3-6-14(12)20-18(22)19-11-13-8-9-16(24-13)17(21)15-7-4-10-23-15/h2-10H,11H2,1H3,(H2,19,20,22). The molecule has 2 heterocycles. The van der Waals surface area contributed by atoms with Crippen molar-refractivity contribution in [2.45, 2.75) is 13.5 Å². The summed E-state index contributed by atoms with van der Waals surface area (Å²) in [7, 11) is 0. The Morgan fingerprint density at radius 3 is 2.58 bits per heavy atom. The Kier molecular flexibility index (Phi) is 5.08. The lowest BCUT2D eigenvalue weighted by molar-refractivity contribution is 0.104. The van der Waals surface area contributed by atoms with Crippen molar-refractivity contribution >= 4 is 40.2 Å². The van der Waals surface area contributed by atoms with E-state index in [1.165, 1.54) is 22.7 Å². The molecule has 0 unspecified atom stereocenters. The van der Waals surface area contributed by atoms with Crippen molar-refractivity contribution in [1.82, 2.24) is 5.32 Å². The molecule has 0 bridgehead atoms. The number of urea groups is 1. The number of hydrogen-bond donors (Lipinski definition) is 2. The molecule has 122 valence electrons. The number of thiophene rings is 2. The maximum Gasteiger partial charge on any atom is 0.319 e. The number of anilines is 1. The first-order chi connectivity index (χ1) is 11.6. The molecule has 0 aliphatic carbocycles. The zero-order valence-corrected chi connectivity index (χ0v) is 14.7. The molecule has 2 aromatic heterocycles. The van der Waals surface area contributed by atoms with Crippen molar-refractivity contribution in [3.05, 3.63) is 74.1 Å². The number of carbonyl (C=O) groups is 2. The highest BCUT2D eigenvalue weighted by Gasteiger charge is 2.13. The lowest BCUT2D eigenvalue weighted by Gasteiger charge is -2.08. The van der Waals surface area contributed by atoms with Crippen LogP contribution in [0.1, 0.15) is 25.0 Å². The van der Waals surface area contributed by atoms with Gasteiger partial charge in [-0.1, -0.05) is 24.3 Å². The summed E-state index contributed by atoms with van der Waals surface area (Å²) < 4.78 is 0. The van der Waals surface area contributed by atoms with E-state index < -0.39 is 0 Å². The van der Waals surface area contributed by atoms with Crippen molar-refractivity contribution in [3.8, 4) is 0 Å². The normalized spacial score (nSPS) is 10.4. The van der Waals surface area contributed by atoms with Crippen molar-refractivity contribution in [2.75, 3.05) is 5.32 Å². The molecule has 24 heavy (non-hydrogen) atoms. The highest BCUT2D eigenvalue weighted by atomic mass is 32.1. The van der Waals surface area contributed by atoms with Gasteiger partial charge in [-0.15, -0.1) is 22.7 Å². The molecule has 0 spiro atoms. The van der Waals surface area contributed by atoms with Gasteiger partial charge in [0.15, 0.2) is 0 Å². The van der Waals surface area contributed by atoms with E-state index in [-0.39, 0.29) is 11.8 Å². The van der Waals surface area contributed by atoms with Gasteiger partial charge in [0.1, 0.15) is 0 Å². The van der Waals surface area contributed by atoms with Gasteiger partial charge in [-0.05, 0) is 42.1 Å². The van der Waals surface area contributed by atoms with Gasteiger partial charge < -0.3 is 10.6 Å². The number of carbonyl (C=O) groups excluding carboxylic acids is 2. The summed E-state index contributed by atoms with van der Waals surface area (Å²) in [5.74, 6) is 0.0330. The molecule has 0 saturated carbocycles. The van der Waals surface area contributed by atoms with E-state index in [2.05, 4.69) is 10.6 Å². The number of rotatable bonds is 5. The molecule has 0 radical (unpaired) electrons. The molecule has 6 heteroatoms. The number of hydrogen-bond acceptors (Lipinski definition) is 4. The summed E-state index contributed by atoms with van der Waals surface area (Å²) in [6, 6.07) is 14.7. The third kappa shape index (κ3) is 3.90. The molecule has 0 aliphatic rings.